The van der Waals surface area contributed by atoms with E-state index < -0.39 is 11.9 Å². The van der Waals surface area contributed by atoms with Crippen molar-refractivity contribution in [3.8, 4) is 0 Å². The third-order valence-electron chi connectivity index (χ3n) is 4.26. The highest BCUT2D eigenvalue weighted by Crippen LogP contribution is 2.23. The Hall–Kier alpha value is -2.18. The molecule has 1 saturated heterocycles. The Bertz CT molecular complexity index is 749. The van der Waals surface area contributed by atoms with Crippen LogP contribution in [0.1, 0.15) is 5.56 Å². The number of hydrogen-bond acceptors (Lipinski definition) is 3. The average Bonchev–Trinajstić information content (AvgIpc) is 2.76. The third-order valence-corrected chi connectivity index (χ3v) is 4.79. The van der Waals surface area contributed by atoms with Gasteiger partial charge < -0.3 is 10.6 Å². The molecule has 0 spiro atoms. The topological polar surface area (TPSA) is 66.6 Å². The average molecular weight is 401 g/mol. The van der Waals surface area contributed by atoms with Crippen molar-refractivity contribution < 1.29 is 9.59 Å². The van der Waals surface area contributed by atoms with Gasteiger partial charge in [0.2, 0.25) is 11.8 Å². The number of benzene rings is 2. The lowest BCUT2D eigenvalue weighted by Crippen LogP contribution is -2.49. The van der Waals surface area contributed by atoms with E-state index in [0.29, 0.717) is 13.1 Å². The molecule has 1 aliphatic rings. The molecule has 0 aliphatic carbocycles. The van der Waals surface area contributed by atoms with Gasteiger partial charge in [-0.2, -0.15) is 0 Å². The summed E-state index contributed by atoms with van der Waals surface area (Å²) in [4.78, 5) is 28.2. The van der Waals surface area contributed by atoms with E-state index >= 15 is 0 Å². The van der Waals surface area contributed by atoms with Gasteiger partial charge >= 0.3 is 0 Å². The smallest absolute Gasteiger partial charge is 0.236 e. The Balaban J connectivity index is 1.85. The fraction of sp³-hybridized carbons (Fsp3) is 0.211. The molecule has 25 heavy (non-hydrogen) atoms. The summed E-state index contributed by atoms with van der Waals surface area (Å²) in [5, 5.41) is 0. The van der Waals surface area contributed by atoms with Crippen molar-refractivity contribution in [1.29, 1.82) is 0 Å². The first kappa shape index (κ1) is 17.6. The van der Waals surface area contributed by atoms with Gasteiger partial charge in [0, 0.05) is 23.2 Å². The molecule has 0 bridgehead atoms. The van der Waals surface area contributed by atoms with Gasteiger partial charge in [-0.05, 0) is 29.8 Å². The molecule has 1 aliphatic heterocycles. The van der Waals surface area contributed by atoms with Gasteiger partial charge in [0.25, 0.3) is 0 Å². The molecular weight excluding hydrogens is 382 g/mol. The summed E-state index contributed by atoms with van der Waals surface area (Å²) in [6.45, 7) is 1.18. The maximum atomic E-state index is 12.5. The normalized spacial score (nSPS) is 18.8. The highest BCUT2D eigenvalue weighted by Gasteiger charge is 2.33. The van der Waals surface area contributed by atoms with Crippen LogP contribution in [0, 0.1) is 6.42 Å². The van der Waals surface area contributed by atoms with E-state index in [1.807, 2.05) is 59.5 Å². The molecule has 1 radical (unpaired) electrons. The van der Waals surface area contributed by atoms with Crippen LogP contribution >= 0.6 is 15.9 Å². The molecule has 6 heteroatoms. The maximum Gasteiger partial charge on any atom is 0.236 e. The molecule has 5 nitrogen and oxygen atoms in total. The van der Waals surface area contributed by atoms with Gasteiger partial charge in [-0.15, -0.1) is 0 Å². The van der Waals surface area contributed by atoms with Crippen LogP contribution in [0.2, 0.25) is 0 Å². The Kier molecular flexibility index (Phi) is 5.50. The van der Waals surface area contributed by atoms with Crippen molar-refractivity contribution in [2.45, 2.75) is 12.6 Å². The molecule has 2 aromatic rings. The van der Waals surface area contributed by atoms with Crippen molar-refractivity contribution in [2.75, 3.05) is 18.0 Å². The van der Waals surface area contributed by atoms with Crippen LogP contribution in [0.15, 0.2) is 59.1 Å². The number of rotatable bonds is 4. The zero-order valence-corrected chi connectivity index (χ0v) is 15.2. The summed E-state index contributed by atoms with van der Waals surface area (Å²) in [5.41, 5.74) is 7.47. The van der Waals surface area contributed by atoms with E-state index in [1.165, 1.54) is 0 Å². The first-order valence-electron chi connectivity index (χ1n) is 8.02. The van der Waals surface area contributed by atoms with Gasteiger partial charge in [0.15, 0.2) is 0 Å². The molecule has 129 valence electrons. The molecule has 1 fully saturated rings. The van der Waals surface area contributed by atoms with Crippen molar-refractivity contribution in [1.82, 2.24) is 4.90 Å². The van der Waals surface area contributed by atoms with Crippen molar-refractivity contribution >= 4 is 33.4 Å². The minimum absolute atomic E-state index is 0.121. The van der Waals surface area contributed by atoms with Crippen LogP contribution in [0.5, 0.6) is 0 Å². The number of anilines is 1. The molecule has 2 N–H and O–H groups in total. The summed E-state index contributed by atoms with van der Waals surface area (Å²) in [6, 6.07) is 16.7. The van der Waals surface area contributed by atoms with Crippen molar-refractivity contribution in [2.24, 2.45) is 5.73 Å². The molecule has 0 saturated carbocycles. The monoisotopic (exact) mass is 400 g/mol. The highest BCUT2D eigenvalue weighted by molar-refractivity contribution is 9.10. The molecule has 1 unspecified atom stereocenters. The molecule has 2 aromatic carbocycles. The SMILES string of the molecule is NC(=O)C1CN(c2ccc(Br)cc2)C(=O)[CH]CN1Cc1ccccc1. The molecule has 1 atom stereocenters. The van der Waals surface area contributed by atoms with Gasteiger partial charge in [0.1, 0.15) is 6.04 Å². The van der Waals surface area contributed by atoms with Crippen LogP contribution in [0.3, 0.4) is 0 Å². The Morgan fingerprint density at radius 3 is 2.44 bits per heavy atom. The van der Waals surface area contributed by atoms with E-state index in [2.05, 4.69) is 15.9 Å². The van der Waals surface area contributed by atoms with E-state index in [1.54, 1.807) is 11.3 Å². The van der Waals surface area contributed by atoms with Gasteiger partial charge in [-0.25, -0.2) is 0 Å². The standard InChI is InChI=1S/C19H19BrN3O2/c20-15-6-8-16(9-7-15)23-13-17(19(21)25)22(11-10-18(23)24)12-14-4-2-1-3-5-14/h1-10,17H,11-13H2,(H2,21,25). The molecule has 3 rings (SSSR count). The Morgan fingerprint density at radius 1 is 1.12 bits per heavy atom. The van der Waals surface area contributed by atoms with Crippen molar-refractivity contribution in [3.05, 3.63) is 71.1 Å². The lowest BCUT2D eigenvalue weighted by molar-refractivity contribution is -0.122. The number of carbonyl (C=O) groups excluding carboxylic acids is 2. The minimum Gasteiger partial charge on any atom is -0.368 e. The van der Waals surface area contributed by atoms with Crippen molar-refractivity contribution in [3.63, 3.8) is 0 Å². The third kappa shape index (κ3) is 4.27. The highest BCUT2D eigenvalue weighted by atomic mass is 79.9. The quantitative estimate of drug-likeness (QED) is 0.856. The maximum absolute atomic E-state index is 12.5. The van der Waals surface area contributed by atoms with E-state index in [9.17, 15) is 9.59 Å². The number of hydrogen-bond donors (Lipinski definition) is 1. The number of amides is 2. The Labute approximate surface area is 155 Å². The van der Waals surface area contributed by atoms with Crippen LogP contribution in [-0.2, 0) is 16.1 Å². The lowest BCUT2D eigenvalue weighted by Gasteiger charge is -2.29. The van der Waals surface area contributed by atoms with Gasteiger partial charge in [0.05, 0.1) is 13.0 Å². The number of primary amides is 1. The van der Waals surface area contributed by atoms with E-state index in [4.69, 9.17) is 5.73 Å². The fourth-order valence-electron chi connectivity index (χ4n) is 2.93. The number of nitrogens with two attached hydrogens (primary N) is 1. The van der Waals surface area contributed by atoms with Crippen LogP contribution in [0.4, 0.5) is 5.69 Å². The Morgan fingerprint density at radius 2 is 1.80 bits per heavy atom. The largest absolute Gasteiger partial charge is 0.368 e. The van der Waals surface area contributed by atoms with Gasteiger partial charge in [-0.3, -0.25) is 14.5 Å². The van der Waals surface area contributed by atoms with E-state index in [-0.39, 0.29) is 12.5 Å². The lowest BCUT2D eigenvalue weighted by atomic mass is 10.1. The van der Waals surface area contributed by atoms with Crippen LogP contribution < -0.4 is 10.6 Å². The summed E-state index contributed by atoms with van der Waals surface area (Å²) in [5.74, 6) is -0.551. The minimum atomic E-state index is -0.549. The molecular formula is C19H19BrN3O2. The molecule has 1 heterocycles. The van der Waals surface area contributed by atoms with Gasteiger partial charge in [-0.1, -0.05) is 46.3 Å². The number of carbonyl (C=O) groups is 2. The fourth-order valence-corrected chi connectivity index (χ4v) is 3.19. The first-order valence-corrected chi connectivity index (χ1v) is 8.81. The molecule has 0 aromatic heterocycles. The molecule has 2 amide bonds. The first-order chi connectivity index (χ1) is 12.0. The second-order valence-electron chi connectivity index (χ2n) is 5.96. The summed E-state index contributed by atoms with van der Waals surface area (Å²) < 4.78 is 0.930. The zero-order valence-electron chi connectivity index (χ0n) is 13.6. The summed E-state index contributed by atoms with van der Waals surface area (Å²) in [7, 11) is 0. The predicted molar refractivity (Wildman–Crippen MR) is 101 cm³/mol. The number of nitrogens with zero attached hydrogens (tertiary/aromatic N) is 2. The van der Waals surface area contributed by atoms with Crippen LogP contribution in [0.25, 0.3) is 0 Å². The second kappa shape index (κ2) is 7.80. The summed E-state index contributed by atoms with van der Waals surface area (Å²) >= 11 is 3.39. The van der Waals surface area contributed by atoms with E-state index in [0.717, 1.165) is 15.7 Å². The summed E-state index contributed by atoms with van der Waals surface area (Å²) in [6.07, 6.45) is 1.61. The second-order valence-corrected chi connectivity index (χ2v) is 6.88. The predicted octanol–water partition coefficient (Wildman–Crippen LogP) is 2.36. The zero-order chi connectivity index (χ0) is 17.8. The van der Waals surface area contributed by atoms with Crippen LogP contribution in [-0.4, -0.2) is 35.8 Å². The number of halogens is 1.